The fraction of sp³-hybridized carbons (Fsp3) is 0.667. The van der Waals surface area contributed by atoms with Crippen LogP contribution in [0.3, 0.4) is 0 Å². The van der Waals surface area contributed by atoms with Crippen molar-refractivity contribution < 1.29 is 4.74 Å². The van der Waals surface area contributed by atoms with Crippen molar-refractivity contribution in [3.63, 3.8) is 0 Å². The van der Waals surface area contributed by atoms with Crippen molar-refractivity contribution in [1.29, 1.82) is 0 Å². The maximum Gasteiger partial charge on any atom is 0.0665 e. The van der Waals surface area contributed by atoms with Crippen LogP contribution in [0.1, 0.15) is 61.9 Å². The largest absolute Gasteiger partial charge is 0.377 e. The number of hydrogen-bond donors (Lipinski definition) is 1. The van der Waals surface area contributed by atoms with Crippen molar-refractivity contribution >= 4 is 0 Å². The number of benzene rings is 1. The summed E-state index contributed by atoms with van der Waals surface area (Å²) in [6.07, 6.45) is 2.65. The fourth-order valence-electron chi connectivity index (χ4n) is 2.98. The minimum absolute atomic E-state index is 0.292. The fourth-order valence-corrected chi connectivity index (χ4v) is 2.98. The summed E-state index contributed by atoms with van der Waals surface area (Å²) in [5.41, 5.74) is 5.46. The standard InChI is InChI=1S/C18H31NO/c1-7-9-16(6)20-12-17(19-8-2)18-14(4)10-13(3)11-15(18)5/h10-11,16-17,19H,7-9,12H2,1-6H3. The molecule has 1 N–H and O–H groups in total. The molecule has 0 heterocycles. The van der Waals surface area contributed by atoms with E-state index in [1.54, 1.807) is 0 Å². The van der Waals surface area contributed by atoms with Gasteiger partial charge in [-0.15, -0.1) is 0 Å². The molecule has 2 unspecified atom stereocenters. The summed E-state index contributed by atoms with van der Waals surface area (Å²) in [6.45, 7) is 14.8. The predicted octanol–water partition coefficient (Wildman–Crippen LogP) is 4.47. The van der Waals surface area contributed by atoms with Crippen LogP contribution in [0.15, 0.2) is 12.1 Å². The normalized spacial score (nSPS) is 14.3. The van der Waals surface area contributed by atoms with Gasteiger partial charge in [-0.2, -0.15) is 0 Å². The lowest BCUT2D eigenvalue weighted by atomic mass is 9.94. The highest BCUT2D eigenvalue weighted by Crippen LogP contribution is 2.24. The van der Waals surface area contributed by atoms with Gasteiger partial charge in [0.25, 0.3) is 0 Å². The van der Waals surface area contributed by atoms with Crippen LogP contribution in [-0.2, 0) is 4.74 Å². The molecule has 0 fully saturated rings. The van der Waals surface area contributed by atoms with Crippen LogP contribution >= 0.6 is 0 Å². The van der Waals surface area contributed by atoms with Gasteiger partial charge in [-0.05, 0) is 57.4 Å². The first-order chi connectivity index (χ1) is 9.49. The molecule has 1 aromatic carbocycles. The van der Waals surface area contributed by atoms with E-state index >= 15 is 0 Å². The van der Waals surface area contributed by atoms with Gasteiger partial charge < -0.3 is 10.1 Å². The molecule has 0 bridgehead atoms. The molecule has 1 aromatic rings. The van der Waals surface area contributed by atoms with Gasteiger partial charge in [-0.3, -0.25) is 0 Å². The summed E-state index contributed by atoms with van der Waals surface area (Å²) in [7, 11) is 0. The molecule has 0 aliphatic carbocycles. The van der Waals surface area contributed by atoms with Crippen LogP contribution in [0.4, 0.5) is 0 Å². The first-order valence-electron chi connectivity index (χ1n) is 7.92. The maximum atomic E-state index is 6.03. The van der Waals surface area contributed by atoms with E-state index < -0.39 is 0 Å². The van der Waals surface area contributed by atoms with Crippen molar-refractivity contribution in [3.05, 3.63) is 34.4 Å². The van der Waals surface area contributed by atoms with Crippen LogP contribution in [-0.4, -0.2) is 19.3 Å². The summed E-state index contributed by atoms with van der Waals surface area (Å²) < 4.78 is 6.03. The zero-order chi connectivity index (χ0) is 15.1. The van der Waals surface area contributed by atoms with Gasteiger partial charge in [0.2, 0.25) is 0 Å². The van der Waals surface area contributed by atoms with E-state index in [0.717, 1.165) is 19.6 Å². The van der Waals surface area contributed by atoms with Crippen LogP contribution in [0.5, 0.6) is 0 Å². The molecular weight excluding hydrogens is 246 g/mol. The Balaban J connectivity index is 2.85. The van der Waals surface area contributed by atoms with Gasteiger partial charge in [0.05, 0.1) is 18.8 Å². The summed E-state index contributed by atoms with van der Waals surface area (Å²) in [4.78, 5) is 0. The van der Waals surface area contributed by atoms with Crippen molar-refractivity contribution in [3.8, 4) is 0 Å². The summed E-state index contributed by atoms with van der Waals surface area (Å²) in [5, 5.41) is 3.57. The van der Waals surface area contributed by atoms with E-state index in [4.69, 9.17) is 4.74 Å². The molecule has 0 saturated heterocycles. The van der Waals surface area contributed by atoms with Gasteiger partial charge >= 0.3 is 0 Å². The second-order valence-corrected chi connectivity index (χ2v) is 5.86. The Kier molecular flexibility index (Phi) is 7.25. The van der Waals surface area contributed by atoms with Crippen molar-refractivity contribution in [1.82, 2.24) is 5.32 Å². The molecule has 20 heavy (non-hydrogen) atoms. The smallest absolute Gasteiger partial charge is 0.0665 e. The zero-order valence-corrected chi connectivity index (χ0v) is 14.0. The topological polar surface area (TPSA) is 21.3 Å². The molecule has 2 nitrogen and oxygen atoms in total. The molecule has 114 valence electrons. The average Bonchev–Trinajstić information content (AvgIpc) is 2.35. The van der Waals surface area contributed by atoms with Crippen LogP contribution < -0.4 is 5.32 Å². The molecular formula is C18H31NO. The molecule has 0 amide bonds. The first kappa shape index (κ1) is 17.2. The highest BCUT2D eigenvalue weighted by Gasteiger charge is 2.17. The van der Waals surface area contributed by atoms with E-state index in [1.807, 2.05) is 0 Å². The van der Waals surface area contributed by atoms with E-state index in [1.165, 1.54) is 28.7 Å². The van der Waals surface area contributed by atoms with Gasteiger partial charge in [0.15, 0.2) is 0 Å². The van der Waals surface area contributed by atoms with E-state index in [0.29, 0.717) is 12.1 Å². The molecule has 1 rings (SSSR count). The molecule has 2 atom stereocenters. The Hall–Kier alpha value is -0.860. The van der Waals surface area contributed by atoms with Gasteiger partial charge in [-0.1, -0.05) is 38.0 Å². The Morgan fingerprint density at radius 1 is 1.10 bits per heavy atom. The number of hydrogen-bond acceptors (Lipinski definition) is 2. The Morgan fingerprint density at radius 2 is 1.70 bits per heavy atom. The second-order valence-electron chi connectivity index (χ2n) is 5.86. The number of rotatable bonds is 8. The predicted molar refractivity (Wildman–Crippen MR) is 87.4 cm³/mol. The third-order valence-electron chi connectivity index (χ3n) is 3.78. The first-order valence-corrected chi connectivity index (χ1v) is 7.92. The van der Waals surface area contributed by atoms with Gasteiger partial charge in [0, 0.05) is 0 Å². The van der Waals surface area contributed by atoms with Gasteiger partial charge in [0.1, 0.15) is 0 Å². The van der Waals surface area contributed by atoms with Crippen LogP contribution in [0.25, 0.3) is 0 Å². The summed E-state index contributed by atoms with van der Waals surface area (Å²) in [6, 6.07) is 4.82. The lowest BCUT2D eigenvalue weighted by Crippen LogP contribution is -2.28. The minimum atomic E-state index is 0.292. The lowest BCUT2D eigenvalue weighted by Gasteiger charge is -2.24. The third-order valence-corrected chi connectivity index (χ3v) is 3.78. The number of aryl methyl sites for hydroxylation is 3. The average molecular weight is 277 g/mol. The third kappa shape index (κ3) is 4.92. The highest BCUT2D eigenvalue weighted by atomic mass is 16.5. The Morgan fingerprint density at radius 3 is 2.20 bits per heavy atom. The van der Waals surface area contributed by atoms with Crippen molar-refractivity contribution in [2.75, 3.05) is 13.2 Å². The van der Waals surface area contributed by atoms with Crippen molar-refractivity contribution in [2.45, 2.75) is 66.5 Å². The summed E-state index contributed by atoms with van der Waals surface area (Å²) >= 11 is 0. The highest BCUT2D eigenvalue weighted by molar-refractivity contribution is 5.39. The van der Waals surface area contributed by atoms with E-state index in [2.05, 4.69) is 59.0 Å². The second kappa shape index (κ2) is 8.43. The Bertz CT molecular complexity index is 391. The summed E-state index contributed by atoms with van der Waals surface area (Å²) in [5.74, 6) is 0. The van der Waals surface area contributed by atoms with E-state index in [-0.39, 0.29) is 0 Å². The SMILES string of the molecule is CCCC(C)OCC(NCC)c1c(C)cc(C)cc1C. The number of likely N-dealkylation sites (N-methyl/N-ethyl adjacent to an activating group) is 1. The zero-order valence-electron chi connectivity index (χ0n) is 14.0. The van der Waals surface area contributed by atoms with Crippen LogP contribution in [0.2, 0.25) is 0 Å². The quantitative estimate of drug-likeness (QED) is 0.757. The van der Waals surface area contributed by atoms with Gasteiger partial charge in [-0.25, -0.2) is 0 Å². The lowest BCUT2D eigenvalue weighted by molar-refractivity contribution is 0.0440. The molecule has 0 saturated carbocycles. The number of nitrogens with one attached hydrogen (secondary N) is 1. The molecule has 2 heteroatoms. The molecule has 0 aliphatic heterocycles. The Labute approximate surface area is 124 Å². The monoisotopic (exact) mass is 277 g/mol. The molecule has 0 spiro atoms. The molecule has 0 aromatic heterocycles. The maximum absolute atomic E-state index is 6.03. The van der Waals surface area contributed by atoms with E-state index in [9.17, 15) is 0 Å². The molecule has 0 aliphatic rings. The van der Waals surface area contributed by atoms with Crippen molar-refractivity contribution in [2.24, 2.45) is 0 Å². The number of ether oxygens (including phenoxy) is 1. The molecule has 0 radical (unpaired) electrons. The van der Waals surface area contributed by atoms with Crippen LogP contribution in [0, 0.1) is 20.8 Å². The minimum Gasteiger partial charge on any atom is -0.377 e.